The van der Waals surface area contributed by atoms with E-state index in [2.05, 4.69) is 0 Å². The van der Waals surface area contributed by atoms with Gasteiger partial charge in [-0.1, -0.05) is 0 Å². The van der Waals surface area contributed by atoms with Gasteiger partial charge in [-0.3, -0.25) is 4.79 Å². The topological polar surface area (TPSA) is 72.5 Å². The van der Waals surface area contributed by atoms with Crippen molar-refractivity contribution in [1.82, 2.24) is 5.32 Å². The third-order valence-corrected chi connectivity index (χ3v) is 3.57. The highest BCUT2D eigenvalue weighted by Gasteiger charge is 2.16. The largest absolute Gasteiger partial charge is 0.380 e. The Morgan fingerprint density at radius 1 is 1.40 bits per heavy atom. The normalized spacial score (nSPS) is 11.7. The molecule has 9 heteroatoms. The molecule has 0 aliphatic heterocycles. The SMILES string of the molecule is COCc1cc(C(=O)NCC(F)F)cc(S(=O)(=O)Cl)c1. The Morgan fingerprint density at radius 2 is 2.05 bits per heavy atom. The van der Waals surface area contributed by atoms with E-state index in [1.807, 2.05) is 5.32 Å². The molecule has 0 aliphatic rings. The molecule has 0 spiro atoms. The fourth-order valence-electron chi connectivity index (χ4n) is 1.45. The summed E-state index contributed by atoms with van der Waals surface area (Å²) in [6.45, 7) is -0.772. The predicted octanol–water partition coefficient (Wildman–Crippen LogP) is 1.76. The molecular formula is C11H12ClF2NO4S. The Morgan fingerprint density at radius 3 is 2.55 bits per heavy atom. The number of benzene rings is 1. The molecule has 0 fully saturated rings. The van der Waals surface area contributed by atoms with E-state index in [-0.39, 0.29) is 17.1 Å². The number of amides is 1. The molecule has 0 atom stereocenters. The smallest absolute Gasteiger partial charge is 0.261 e. The van der Waals surface area contributed by atoms with Crippen LogP contribution in [0.4, 0.5) is 8.78 Å². The highest BCUT2D eigenvalue weighted by atomic mass is 35.7. The first-order valence-electron chi connectivity index (χ1n) is 5.38. The van der Waals surface area contributed by atoms with E-state index in [4.69, 9.17) is 15.4 Å². The van der Waals surface area contributed by atoms with Crippen molar-refractivity contribution in [3.8, 4) is 0 Å². The summed E-state index contributed by atoms with van der Waals surface area (Å²) in [5, 5.41) is 1.98. The minimum Gasteiger partial charge on any atom is -0.380 e. The lowest BCUT2D eigenvalue weighted by atomic mass is 10.1. The summed E-state index contributed by atoms with van der Waals surface area (Å²) < 4.78 is 51.5. The molecule has 1 N–H and O–H groups in total. The Labute approximate surface area is 119 Å². The number of rotatable bonds is 6. The second-order valence-electron chi connectivity index (χ2n) is 3.84. The van der Waals surface area contributed by atoms with Crippen LogP contribution in [0.5, 0.6) is 0 Å². The predicted molar refractivity (Wildman–Crippen MR) is 68.5 cm³/mol. The molecule has 0 radical (unpaired) electrons. The van der Waals surface area contributed by atoms with Crippen LogP contribution in [0.3, 0.4) is 0 Å². The van der Waals surface area contributed by atoms with Crippen LogP contribution in [-0.2, 0) is 20.4 Å². The van der Waals surface area contributed by atoms with Gasteiger partial charge in [0.25, 0.3) is 21.4 Å². The minimum atomic E-state index is -4.04. The number of carbonyl (C=O) groups excluding carboxylic acids is 1. The molecule has 0 aliphatic carbocycles. The summed E-state index contributed by atoms with van der Waals surface area (Å²) in [6.07, 6.45) is -2.70. The molecule has 0 aromatic heterocycles. The lowest BCUT2D eigenvalue weighted by Gasteiger charge is -2.08. The van der Waals surface area contributed by atoms with E-state index >= 15 is 0 Å². The van der Waals surface area contributed by atoms with Gasteiger partial charge in [0.05, 0.1) is 18.0 Å². The van der Waals surface area contributed by atoms with Crippen LogP contribution in [-0.4, -0.2) is 34.4 Å². The molecule has 0 unspecified atom stereocenters. The lowest BCUT2D eigenvalue weighted by molar-refractivity contribution is 0.0891. The Bertz CT molecular complexity index is 592. The molecule has 5 nitrogen and oxygen atoms in total. The number of hydrogen-bond donors (Lipinski definition) is 1. The van der Waals surface area contributed by atoms with Crippen LogP contribution in [0.1, 0.15) is 15.9 Å². The second-order valence-corrected chi connectivity index (χ2v) is 6.40. The quantitative estimate of drug-likeness (QED) is 0.808. The van der Waals surface area contributed by atoms with Crippen LogP contribution < -0.4 is 5.32 Å². The molecule has 0 saturated carbocycles. The van der Waals surface area contributed by atoms with Crippen LogP contribution >= 0.6 is 10.7 Å². The number of nitrogens with one attached hydrogen (secondary N) is 1. The third kappa shape index (κ3) is 5.03. The molecule has 0 heterocycles. The maximum absolute atomic E-state index is 12.0. The fraction of sp³-hybridized carbons (Fsp3) is 0.364. The number of methoxy groups -OCH3 is 1. The van der Waals surface area contributed by atoms with E-state index in [0.29, 0.717) is 5.56 Å². The molecule has 1 aromatic rings. The van der Waals surface area contributed by atoms with Crippen LogP contribution in [0.25, 0.3) is 0 Å². The average molecular weight is 328 g/mol. The first kappa shape index (κ1) is 16.8. The summed E-state index contributed by atoms with van der Waals surface area (Å²) >= 11 is 0. The van der Waals surface area contributed by atoms with E-state index in [0.717, 1.165) is 6.07 Å². The maximum atomic E-state index is 12.0. The number of hydrogen-bond acceptors (Lipinski definition) is 4. The van der Waals surface area contributed by atoms with E-state index in [9.17, 15) is 22.0 Å². The van der Waals surface area contributed by atoms with Crippen LogP contribution in [0.15, 0.2) is 23.1 Å². The zero-order chi connectivity index (χ0) is 15.3. The van der Waals surface area contributed by atoms with E-state index in [1.54, 1.807) is 0 Å². The van der Waals surface area contributed by atoms with Gasteiger partial charge in [-0.2, -0.15) is 0 Å². The summed E-state index contributed by atoms with van der Waals surface area (Å²) in [7, 11) is 2.56. The average Bonchev–Trinajstić information content (AvgIpc) is 2.34. The molecule has 1 rings (SSSR count). The molecule has 0 saturated heterocycles. The standard InChI is InChI=1S/C11H12ClF2NO4S/c1-19-6-7-2-8(11(16)15-5-10(13)14)4-9(3-7)20(12,17)18/h2-4,10H,5-6H2,1H3,(H,15,16). The number of halogens is 3. The maximum Gasteiger partial charge on any atom is 0.261 e. The highest BCUT2D eigenvalue weighted by Crippen LogP contribution is 2.19. The van der Waals surface area contributed by atoms with Gasteiger partial charge >= 0.3 is 0 Å². The number of ether oxygens (including phenoxy) is 1. The molecular weight excluding hydrogens is 316 g/mol. The van der Waals surface area contributed by atoms with Gasteiger partial charge in [0, 0.05) is 23.4 Å². The minimum absolute atomic E-state index is 0.0510. The van der Waals surface area contributed by atoms with Gasteiger partial charge in [-0.25, -0.2) is 17.2 Å². The van der Waals surface area contributed by atoms with Crippen LogP contribution in [0, 0.1) is 0 Å². The third-order valence-electron chi connectivity index (χ3n) is 2.24. The Balaban J connectivity index is 3.12. The molecule has 1 amide bonds. The van der Waals surface area contributed by atoms with Crippen molar-refractivity contribution in [2.45, 2.75) is 17.9 Å². The van der Waals surface area contributed by atoms with Gasteiger partial charge in [0.15, 0.2) is 0 Å². The van der Waals surface area contributed by atoms with E-state index in [1.165, 1.54) is 19.2 Å². The van der Waals surface area contributed by atoms with Crippen LogP contribution in [0.2, 0.25) is 0 Å². The Hall–Kier alpha value is -1.25. The summed E-state index contributed by atoms with van der Waals surface area (Å²) in [6, 6.07) is 3.61. The fourth-order valence-corrected chi connectivity index (χ4v) is 2.28. The van der Waals surface area contributed by atoms with Gasteiger partial charge in [0.2, 0.25) is 0 Å². The summed E-state index contributed by atoms with van der Waals surface area (Å²) in [5.41, 5.74) is 0.302. The molecule has 20 heavy (non-hydrogen) atoms. The number of carbonyl (C=O) groups is 1. The lowest BCUT2D eigenvalue weighted by Crippen LogP contribution is -2.28. The second kappa shape index (κ2) is 6.96. The van der Waals surface area contributed by atoms with Crippen molar-refractivity contribution in [1.29, 1.82) is 0 Å². The van der Waals surface area contributed by atoms with Crippen molar-refractivity contribution in [2.75, 3.05) is 13.7 Å². The molecule has 0 bridgehead atoms. The number of alkyl halides is 2. The molecule has 112 valence electrons. The first-order valence-corrected chi connectivity index (χ1v) is 7.69. The highest BCUT2D eigenvalue weighted by molar-refractivity contribution is 8.13. The zero-order valence-corrected chi connectivity index (χ0v) is 12.0. The first-order chi connectivity index (χ1) is 9.24. The monoisotopic (exact) mass is 327 g/mol. The van der Waals surface area contributed by atoms with Crippen molar-refractivity contribution in [2.24, 2.45) is 0 Å². The molecule has 1 aromatic carbocycles. The van der Waals surface area contributed by atoms with Crippen molar-refractivity contribution in [3.63, 3.8) is 0 Å². The Kier molecular flexibility index (Phi) is 5.85. The van der Waals surface area contributed by atoms with Gasteiger partial charge < -0.3 is 10.1 Å². The van der Waals surface area contributed by atoms with Gasteiger partial charge in [-0.05, 0) is 23.8 Å². The van der Waals surface area contributed by atoms with E-state index < -0.39 is 27.9 Å². The summed E-state index contributed by atoms with van der Waals surface area (Å²) in [4.78, 5) is 11.4. The van der Waals surface area contributed by atoms with Gasteiger partial charge in [0.1, 0.15) is 0 Å². The van der Waals surface area contributed by atoms with Gasteiger partial charge in [-0.15, -0.1) is 0 Å². The zero-order valence-electron chi connectivity index (χ0n) is 10.4. The van der Waals surface area contributed by atoms with Crippen molar-refractivity contribution < 1.29 is 26.7 Å². The van der Waals surface area contributed by atoms with Crippen molar-refractivity contribution in [3.05, 3.63) is 29.3 Å². The summed E-state index contributed by atoms with van der Waals surface area (Å²) in [5.74, 6) is -0.815. The van der Waals surface area contributed by atoms with Crippen molar-refractivity contribution >= 4 is 25.6 Å².